The van der Waals surface area contributed by atoms with Crippen molar-refractivity contribution in [3.63, 3.8) is 0 Å². The van der Waals surface area contributed by atoms with Crippen LogP contribution in [-0.2, 0) is 27.9 Å². The van der Waals surface area contributed by atoms with E-state index in [-0.39, 0.29) is 35.4 Å². The molecule has 0 aliphatic carbocycles. The summed E-state index contributed by atoms with van der Waals surface area (Å²) in [5.41, 5.74) is 2.43. The summed E-state index contributed by atoms with van der Waals surface area (Å²) in [6, 6.07) is 16.5. The Morgan fingerprint density at radius 1 is 1.06 bits per heavy atom. The molecule has 0 saturated carbocycles. The molecule has 33 heavy (non-hydrogen) atoms. The van der Waals surface area contributed by atoms with Gasteiger partial charge in [0.15, 0.2) is 0 Å². The van der Waals surface area contributed by atoms with Gasteiger partial charge in [-0.1, -0.05) is 50.2 Å². The first-order valence-electron chi connectivity index (χ1n) is 11.5. The molecule has 176 valence electrons. The van der Waals surface area contributed by atoms with Crippen molar-refractivity contribution in [1.82, 2.24) is 14.5 Å². The minimum atomic E-state index is -3.75. The lowest BCUT2D eigenvalue weighted by Gasteiger charge is -2.30. The lowest BCUT2D eigenvalue weighted by atomic mass is 9.97. The molecule has 7 nitrogen and oxygen atoms in total. The lowest BCUT2D eigenvalue weighted by Crippen LogP contribution is -2.43. The fourth-order valence-electron chi connectivity index (χ4n) is 4.08. The molecule has 1 aliphatic heterocycles. The van der Waals surface area contributed by atoms with Crippen molar-refractivity contribution < 1.29 is 13.2 Å². The molecular weight excluding hydrogens is 436 g/mol. The van der Waals surface area contributed by atoms with Crippen LogP contribution in [0.1, 0.15) is 43.4 Å². The van der Waals surface area contributed by atoms with E-state index >= 15 is 0 Å². The van der Waals surface area contributed by atoms with E-state index in [1.807, 2.05) is 18.2 Å². The number of hydrogen-bond donors (Lipinski definition) is 1. The second-order valence-corrected chi connectivity index (χ2v) is 10.2. The summed E-state index contributed by atoms with van der Waals surface area (Å²) in [6.45, 7) is 8.23. The first-order valence-corrected chi connectivity index (χ1v) is 12.9. The number of nitriles is 1. The Balaban J connectivity index is 1.51. The molecule has 0 unspecified atom stereocenters. The Morgan fingerprint density at radius 3 is 2.27 bits per heavy atom. The molecule has 3 rings (SSSR count). The van der Waals surface area contributed by atoms with Gasteiger partial charge in [0.2, 0.25) is 15.9 Å². The van der Waals surface area contributed by atoms with Gasteiger partial charge in [0.05, 0.1) is 10.5 Å². The maximum atomic E-state index is 13.0. The van der Waals surface area contributed by atoms with Gasteiger partial charge in [0.25, 0.3) is 0 Å². The molecular formula is C25H32N4O3S. The maximum absolute atomic E-state index is 13.0. The van der Waals surface area contributed by atoms with Crippen molar-refractivity contribution in [2.75, 3.05) is 26.2 Å². The van der Waals surface area contributed by atoms with Crippen LogP contribution in [0.15, 0.2) is 53.4 Å². The molecule has 1 fully saturated rings. The van der Waals surface area contributed by atoms with Crippen molar-refractivity contribution >= 4 is 15.9 Å². The molecule has 1 aliphatic rings. The summed E-state index contributed by atoms with van der Waals surface area (Å²) in [6.07, 6.45) is 0.922. The van der Waals surface area contributed by atoms with Crippen LogP contribution in [-0.4, -0.2) is 49.7 Å². The summed E-state index contributed by atoms with van der Waals surface area (Å²) in [5.74, 6) is -0.263. The van der Waals surface area contributed by atoms with Crippen molar-refractivity contribution in [1.29, 1.82) is 5.26 Å². The van der Waals surface area contributed by atoms with E-state index in [0.29, 0.717) is 19.4 Å². The highest BCUT2D eigenvalue weighted by atomic mass is 32.2. The SMILES string of the molecule is CCN(CC)Cc1ccc(CNC(=O)C2CCN(S(=O)(=O)c3ccccc3C#N)CC2)cc1. The molecule has 0 radical (unpaired) electrons. The summed E-state index contributed by atoms with van der Waals surface area (Å²) < 4.78 is 27.3. The standard InChI is InChI=1S/C25H32N4O3S/c1-3-28(4-2)19-21-11-9-20(10-12-21)18-27-25(30)22-13-15-29(16-14-22)33(31,32)24-8-6-5-7-23(24)17-26/h5-12,22H,3-4,13-16,18-19H2,1-2H3,(H,27,30). The van der Waals surface area contributed by atoms with E-state index in [1.165, 1.54) is 22.0 Å². The van der Waals surface area contributed by atoms with Crippen LogP contribution >= 0.6 is 0 Å². The Morgan fingerprint density at radius 2 is 1.67 bits per heavy atom. The molecule has 0 aromatic heterocycles. The first-order chi connectivity index (χ1) is 15.9. The van der Waals surface area contributed by atoms with E-state index in [9.17, 15) is 18.5 Å². The predicted octanol–water partition coefficient (Wildman–Crippen LogP) is 3.12. The van der Waals surface area contributed by atoms with Gasteiger partial charge in [-0.2, -0.15) is 9.57 Å². The average molecular weight is 469 g/mol. The predicted molar refractivity (Wildman–Crippen MR) is 128 cm³/mol. The number of carbonyl (C=O) groups is 1. The number of amides is 1. The molecule has 0 spiro atoms. The third-order valence-electron chi connectivity index (χ3n) is 6.24. The highest BCUT2D eigenvalue weighted by molar-refractivity contribution is 7.89. The average Bonchev–Trinajstić information content (AvgIpc) is 2.86. The number of sulfonamides is 1. The van der Waals surface area contributed by atoms with Crippen molar-refractivity contribution in [2.24, 2.45) is 5.92 Å². The van der Waals surface area contributed by atoms with Gasteiger partial charge >= 0.3 is 0 Å². The van der Waals surface area contributed by atoms with Gasteiger partial charge in [0, 0.05) is 32.1 Å². The number of nitrogens with one attached hydrogen (secondary N) is 1. The zero-order valence-electron chi connectivity index (χ0n) is 19.3. The first kappa shape index (κ1) is 24.9. The van der Waals surface area contributed by atoms with Crippen LogP contribution in [0, 0.1) is 17.2 Å². The maximum Gasteiger partial charge on any atom is 0.244 e. The van der Waals surface area contributed by atoms with Crippen LogP contribution < -0.4 is 5.32 Å². The Hall–Kier alpha value is -2.73. The van der Waals surface area contributed by atoms with Gasteiger partial charge in [-0.3, -0.25) is 9.69 Å². The van der Waals surface area contributed by atoms with E-state index in [4.69, 9.17) is 0 Å². The Labute approximate surface area is 197 Å². The molecule has 0 atom stereocenters. The molecule has 1 N–H and O–H groups in total. The van der Waals surface area contributed by atoms with Crippen LogP contribution in [0.3, 0.4) is 0 Å². The number of piperidine rings is 1. The van der Waals surface area contributed by atoms with Crippen molar-refractivity contribution in [3.8, 4) is 6.07 Å². The summed E-state index contributed by atoms with van der Waals surface area (Å²) in [7, 11) is -3.75. The minimum absolute atomic E-state index is 0.0276. The third-order valence-corrected chi connectivity index (χ3v) is 8.20. The molecule has 1 amide bonds. The highest BCUT2D eigenvalue weighted by Gasteiger charge is 2.33. The third kappa shape index (κ3) is 6.20. The van der Waals surface area contributed by atoms with Gasteiger partial charge in [-0.05, 0) is 49.2 Å². The van der Waals surface area contributed by atoms with Crippen LogP contribution in [0.2, 0.25) is 0 Å². The largest absolute Gasteiger partial charge is 0.352 e. The van der Waals surface area contributed by atoms with Gasteiger partial charge < -0.3 is 5.32 Å². The fraction of sp³-hybridized carbons (Fsp3) is 0.440. The van der Waals surface area contributed by atoms with Crippen molar-refractivity contribution in [3.05, 3.63) is 65.2 Å². The molecule has 8 heteroatoms. The Bertz CT molecular complexity index is 1080. The van der Waals surface area contributed by atoms with E-state index in [1.54, 1.807) is 12.1 Å². The van der Waals surface area contributed by atoms with Crippen LogP contribution in [0.25, 0.3) is 0 Å². The zero-order chi connectivity index (χ0) is 23.8. The second kappa shape index (κ2) is 11.4. The topological polar surface area (TPSA) is 93.5 Å². The number of rotatable bonds is 9. The van der Waals surface area contributed by atoms with Crippen LogP contribution in [0.5, 0.6) is 0 Å². The van der Waals surface area contributed by atoms with E-state index in [0.717, 1.165) is 25.2 Å². The summed E-state index contributed by atoms with van der Waals surface area (Å²) in [4.78, 5) is 15.0. The summed E-state index contributed by atoms with van der Waals surface area (Å²) >= 11 is 0. The molecule has 0 bridgehead atoms. The summed E-state index contributed by atoms with van der Waals surface area (Å²) in [5, 5.41) is 12.2. The van der Waals surface area contributed by atoms with Crippen LogP contribution in [0.4, 0.5) is 0 Å². The van der Waals surface area contributed by atoms with Gasteiger partial charge in [-0.25, -0.2) is 8.42 Å². The van der Waals surface area contributed by atoms with Gasteiger partial charge in [-0.15, -0.1) is 0 Å². The number of benzene rings is 2. The fourth-order valence-corrected chi connectivity index (χ4v) is 5.69. The highest BCUT2D eigenvalue weighted by Crippen LogP contribution is 2.25. The monoisotopic (exact) mass is 468 g/mol. The van der Waals surface area contributed by atoms with E-state index < -0.39 is 10.0 Å². The number of hydrogen-bond acceptors (Lipinski definition) is 5. The normalized spacial score (nSPS) is 15.3. The number of carbonyl (C=O) groups excluding carboxylic acids is 1. The quantitative estimate of drug-likeness (QED) is 0.610. The van der Waals surface area contributed by atoms with Gasteiger partial charge in [0.1, 0.15) is 6.07 Å². The molecule has 1 saturated heterocycles. The number of nitrogens with zero attached hydrogens (tertiary/aromatic N) is 3. The molecule has 2 aromatic carbocycles. The second-order valence-electron chi connectivity index (χ2n) is 8.28. The molecule has 2 aromatic rings. The lowest BCUT2D eigenvalue weighted by molar-refractivity contribution is -0.126. The van der Waals surface area contributed by atoms with E-state index in [2.05, 4.69) is 36.2 Å². The minimum Gasteiger partial charge on any atom is -0.352 e. The smallest absolute Gasteiger partial charge is 0.244 e. The molecule has 1 heterocycles. The van der Waals surface area contributed by atoms with Crippen molar-refractivity contribution in [2.45, 2.75) is 44.7 Å². The zero-order valence-corrected chi connectivity index (χ0v) is 20.1. The Kier molecular flexibility index (Phi) is 8.61.